The molecule has 7 heteroatoms. The second-order valence-electron chi connectivity index (χ2n) is 6.27. The summed E-state index contributed by atoms with van der Waals surface area (Å²) in [6.07, 6.45) is -0.351. The molecular formula is C16H16F3N3S. The van der Waals surface area contributed by atoms with Gasteiger partial charge in [-0.05, 0) is 12.0 Å². The molecule has 0 spiro atoms. The molecule has 2 aromatic rings. The van der Waals surface area contributed by atoms with Gasteiger partial charge in [-0.25, -0.2) is 14.1 Å². The van der Waals surface area contributed by atoms with Gasteiger partial charge in [0.05, 0.1) is 19.4 Å². The van der Waals surface area contributed by atoms with Crippen LogP contribution in [0, 0.1) is 5.41 Å². The Morgan fingerprint density at radius 3 is 2.61 bits per heavy atom. The highest BCUT2D eigenvalue weighted by molar-refractivity contribution is 8.00. The zero-order chi connectivity index (χ0) is 16.0. The van der Waals surface area contributed by atoms with Crippen molar-refractivity contribution in [2.75, 3.05) is 13.3 Å². The minimum absolute atomic E-state index is 0.158. The van der Waals surface area contributed by atoms with Crippen LogP contribution in [0.4, 0.5) is 13.2 Å². The van der Waals surface area contributed by atoms with Crippen molar-refractivity contribution in [2.24, 2.45) is 5.41 Å². The molecular weight excluding hydrogens is 323 g/mol. The Kier molecular flexibility index (Phi) is 3.63. The normalized spacial score (nSPS) is 27.9. The Morgan fingerprint density at radius 1 is 1.22 bits per heavy atom. The topological polar surface area (TPSA) is 30.7 Å². The first-order chi connectivity index (χ1) is 11.2. The lowest BCUT2D eigenvalue weighted by atomic mass is 10.0. The van der Waals surface area contributed by atoms with Crippen LogP contribution in [0.25, 0.3) is 0 Å². The van der Waals surface area contributed by atoms with E-state index in [2.05, 4.69) is 10.1 Å². The van der Waals surface area contributed by atoms with Gasteiger partial charge in [-0.1, -0.05) is 42.1 Å². The van der Waals surface area contributed by atoms with Crippen molar-refractivity contribution in [1.82, 2.24) is 14.8 Å². The molecule has 2 aliphatic rings. The first kappa shape index (κ1) is 15.1. The lowest BCUT2D eigenvalue weighted by Crippen LogP contribution is -2.10. The summed E-state index contributed by atoms with van der Waals surface area (Å²) in [6.45, 7) is -1.35. The van der Waals surface area contributed by atoms with Gasteiger partial charge in [0.15, 0.2) is 12.0 Å². The van der Waals surface area contributed by atoms with E-state index in [4.69, 9.17) is 0 Å². The Hall–Kier alpha value is -1.50. The van der Waals surface area contributed by atoms with Gasteiger partial charge in [0.2, 0.25) is 5.16 Å². The molecule has 0 bridgehead atoms. The van der Waals surface area contributed by atoms with Crippen molar-refractivity contribution < 1.29 is 13.2 Å². The molecule has 2 heterocycles. The Bertz CT molecular complexity index is 702. The Balaban J connectivity index is 1.57. The third-order valence-electron chi connectivity index (χ3n) is 4.72. The molecule has 1 aliphatic heterocycles. The number of alkyl halides is 3. The number of nitrogens with zero attached hydrogens (tertiary/aromatic N) is 3. The molecule has 4 rings (SSSR count). The molecule has 0 saturated heterocycles. The second-order valence-corrected chi connectivity index (χ2v) is 7.44. The summed E-state index contributed by atoms with van der Waals surface area (Å²) in [5.41, 5.74) is 0.109. The lowest BCUT2D eigenvalue weighted by molar-refractivity contribution is 0.271. The van der Waals surface area contributed by atoms with Crippen molar-refractivity contribution in [1.29, 1.82) is 0 Å². The summed E-state index contributed by atoms with van der Waals surface area (Å²) in [7, 11) is 0. The standard InChI is InChI=1S/C16H16F3N3S/c17-8-16(9-18)7-13(16)23-15-20-14-11(19)6-12(22(14)21-15)10-4-2-1-3-5-10/h1-5,11-13H,6-9H2/t11-,12-,13?/m0/s1. The molecule has 23 heavy (non-hydrogen) atoms. The van der Waals surface area contributed by atoms with Gasteiger partial charge < -0.3 is 0 Å². The number of fused-ring (bicyclic) bond motifs is 1. The van der Waals surface area contributed by atoms with Crippen LogP contribution in [0.1, 0.15) is 36.4 Å². The lowest BCUT2D eigenvalue weighted by Gasteiger charge is -2.11. The monoisotopic (exact) mass is 339 g/mol. The first-order valence-corrected chi connectivity index (χ1v) is 8.49. The summed E-state index contributed by atoms with van der Waals surface area (Å²) in [5.74, 6) is 0.313. The SMILES string of the molecule is FCC1(CF)CC1Sc1nc2n(n1)[C@H](c1ccccc1)C[C@@H]2F. The molecule has 1 saturated carbocycles. The van der Waals surface area contributed by atoms with E-state index < -0.39 is 24.9 Å². The number of hydrogen-bond donors (Lipinski definition) is 0. The minimum Gasteiger partial charge on any atom is -0.250 e. The van der Waals surface area contributed by atoms with E-state index in [1.54, 1.807) is 4.68 Å². The van der Waals surface area contributed by atoms with Gasteiger partial charge in [0.25, 0.3) is 0 Å². The number of hydrogen-bond acceptors (Lipinski definition) is 3. The van der Waals surface area contributed by atoms with Crippen LogP contribution in [0.3, 0.4) is 0 Å². The molecule has 1 aromatic carbocycles. The van der Waals surface area contributed by atoms with Crippen molar-refractivity contribution in [3.63, 3.8) is 0 Å². The van der Waals surface area contributed by atoms with Crippen LogP contribution < -0.4 is 0 Å². The van der Waals surface area contributed by atoms with Gasteiger partial charge in [0, 0.05) is 17.1 Å². The molecule has 3 nitrogen and oxygen atoms in total. The third kappa shape index (κ3) is 2.45. The van der Waals surface area contributed by atoms with Crippen LogP contribution in [-0.2, 0) is 0 Å². The molecule has 1 aromatic heterocycles. The highest BCUT2D eigenvalue weighted by atomic mass is 32.2. The summed E-state index contributed by atoms with van der Waals surface area (Å²) in [5, 5.41) is 4.65. The minimum atomic E-state index is -1.16. The van der Waals surface area contributed by atoms with E-state index in [0.717, 1.165) is 5.56 Å². The Morgan fingerprint density at radius 2 is 1.96 bits per heavy atom. The number of benzene rings is 1. The smallest absolute Gasteiger partial charge is 0.209 e. The average Bonchev–Trinajstić information content (AvgIpc) is 2.96. The summed E-state index contributed by atoms with van der Waals surface area (Å²) in [4.78, 5) is 4.26. The van der Waals surface area contributed by atoms with Crippen LogP contribution in [-0.4, -0.2) is 33.4 Å². The molecule has 1 aliphatic carbocycles. The number of aromatic nitrogens is 3. The highest BCUT2D eigenvalue weighted by Crippen LogP contribution is 2.56. The van der Waals surface area contributed by atoms with Crippen molar-refractivity contribution in [3.05, 3.63) is 41.7 Å². The van der Waals surface area contributed by atoms with E-state index in [1.165, 1.54) is 11.8 Å². The van der Waals surface area contributed by atoms with E-state index in [0.29, 0.717) is 23.8 Å². The van der Waals surface area contributed by atoms with Gasteiger partial charge in [-0.3, -0.25) is 8.78 Å². The maximum absolute atomic E-state index is 14.3. The summed E-state index contributed by atoms with van der Waals surface area (Å²) < 4.78 is 41.7. The summed E-state index contributed by atoms with van der Waals surface area (Å²) in [6, 6.07) is 9.45. The molecule has 0 radical (unpaired) electrons. The van der Waals surface area contributed by atoms with Gasteiger partial charge >= 0.3 is 0 Å². The predicted octanol–water partition coefficient (Wildman–Crippen LogP) is 4.07. The van der Waals surface area contributed by atoms with E-state index in [1.807, 2.05) is 30.3 Å². The molecule has 3 atom stereocenters. The first-order valence-electron chi connectivity index (χ1n) is 7.61. The van der Waals surface area contributed by atoms with Crippen LogP contribution in [0.15, 0.2) is 35.5 Å². The third-order valence-corrected chi connectivity index (χ3v) is 6.06. The zero-order valence-electron chi connectivity index (χ0n) is 12.3. The fourth-order valence-electron chi connectivity index (χ4n) is 3.08. The van der Waals surface area contributed by atoms with E-state index >= 15 is 0 Å². The van der Waals surface area contributed by atoms with Gasteiger partial charge in [0.1, 0.15) is 0 Å². The highest BCUT2D eigenvalue weighted by Gasteiger charge is 2.56. The number of thioether (sulfide) groups is 1. The van der Waals surface area contributed by atoms with Gasteiger partial charge in [-0.2, -0.15) is 0 Å². The van der Waals surface area contributed by atoms with E-state index in [9.17, 15) is 13.2 Å². The molecule has 122 valence electrons. The average molecular weight is 339 g/mol. The van der Waals surface area contributed by atoms with Crippen molar-refractivity contribution in [3.8, 4) is 0 Å². The summed E-state index contributed by atoms with van der Waals surface area (Å²) >= 11 is 1.26. The number of halogens is 3. The van der Waals surface area contributed by atoms with Crippen LogP contribution in [0.5, 0.6) is 0 Å². The zero-order valence-corrected chi connectivity index (χ0v) is 13.1. The van der Waals surface area contributed by atoms with E-state index in [-0.39, 0.29) is 11.3 Å². The largest absolute Gasteiger partial charge is 0.250 e. The van der Waals surface area contributed by atoms with Crippen LogP contribution in [0.2, 0.25) is 0 Å². The molecule has 1 unspecified atom stereocenters. The second kappa shape index (κ2) is 5.54. The maximum Gasteiger partial charge on any atom is 0.209 e. The van der Waals surface area contributed by atoms with Crippen molar-refractivity contribution >= 4 is 11.8 Å². The molecule has 0 N–H and O–H groups in total. The number of rotatable bonds is 5. The molecule has 0 amide bonds. The van der Waals surface area contributed by atoms with Crippen LogP contribution >= 0.6 is 11.8 Å². The fraction of sp³-hybridized carbons (Fsp3) is 0.500. The van der Waals surface area contributed by atoms with Crippen molar-refractivity contribution in [2.45, 2.75) is 35.5 Å². The molecule has 1 fully saturated rings. The predicted molar refractivity (Wildman–Crippen MR) is 81.7 cm³/mol. The fourth-order valence-corrected chi connectivity index (χ4v) is 4.41. The quantitative estimate of drug-likeness (QED) is 0.823. The maximum atomic E-state index is 14.3. The van der Waals surface area contributed by atoms with Gasteiger partial charge in [-0.15, -0.1) is 5.10 Å². The Labute approximate surface area is 136 Å².